The highest BCUT2D eigenvalue weighted by atomic mass is 15.2. The maximum absolute atomic E-state index is 4.88. The molecule has 0 spiro atoms. The summed E-state index contributed by atoms with van der Waals surface area (Å²) in [5, 5.41) is 1.30. The minimum absolute atomic E-state index is 0.493. The summed E-state index contributed by atoms with van der Waals surface area (Å²) in [5.41, 5.74) is 10.4. The molecule has 0 saturated carbocycles. The summed E-state index contributed by atoms with van der Waals surface area (Å²) in [5.74, 6) is 1.59. The number of pyridine rings is 1. The van der Waals surface area contributed by atoms with Crippen LogP contribution in [0, 0.1) is 13.8 Å². The molecule has 4 heteroatoms. The zero-order valence-electron chi connectivity index (χ0n) is 19.7. The first kappa shape index (κ1) is 21.4. The highest BCUT2D eigenvalue weighted by Crippen LogP contribution is 2.34. The van der Waals surface area contributed by atoms with Crippen LogP contribution in [0.25, 0.3) is 16.5 Å². The molecule has 162 valence electrons. The van der Waals surface area contributed by atoms with Crippen molar-refractivity contribution in [2.45, 2.75) is 53.4 Å². The predicted octanol–water partition coefficient (Wildman–Crippen LogP) is 6.45. The van der Waals surface area contributed by atoms with E-state index in [4.69, 9.17) is 9.98 Å². The molecule has 4 nitrogen and oxygen atoms in total. The summed E-state index contributed by atoms with van der Waals surface area (Å²) in [6, 6.07) is 9.01. The number of fused-ring (bicyclic) bond motifs is 1. The van der Waals surface area contributed by atoms with Gasteiger partial charge in [-0.1, -0.05) is 39.0 Å². The number of aryl methyl sites for hydroxylation is 2. The van der Waals surface area contributed by atoms with E-state index in [0.717, 1.165) is 31.7 Å². The molecule has 1 fully saturated rings. The summed E-state index contributed by atoms with van der Waals surface area (Å²) in [7, 11) is 1.93. The van der Waals surface area contributed by atoms with Crippen LogP contribution in [-0.2, 0) is 0 Å². The summed E-state index contributed by atoms with van der Waals surface area (Å²) in [4.78, 5) is 15.4. The Morgan fingerprint density at radius 2 is 2.00 bits per heavy atom. The van der Waals surface area contributed by atoms with E-state index in [1.807, 2.05) is 19.4 Å². The third-order valence-corrected chi connectivity index (χ3v) is 6.60. The van der Waals surface area contributed by atoms with Crippen LogP contribution in [0.3, 0.4) is 0 Å². The molecule has 1 aliphatic rings. The lowest BCUT2D eigenvalue weighted by Crippen LogP contribution is -2.37. The van der Waals surface area contributed by atoms with Crippen LogP contribution in [0.2, 0.25) is 0 Å². The maximum atomic E-state index is 4.88. The van der Waals surface area contributed by atoms with Gasteiger partial charge in [0, 0.05) is 55.6 Å². The van der Waals surface area contributed by atoms with Gasteiger partial charge in [0.05, 0.1) is 0 Å². The number of nitrogens with one attached hydrogen (secondary N) is 1. The van der Waals surface area contributed by atoms with Crippen molar-refractivity contribution >= 4 is 28.0 Å². The lowest BCUT2D eigenvalue weighted by molar-refractivity contribution is 0.794. The topological polar surface area (TPSA) is 44.3 Å². The highest BCUT2D eigenvalue weighted by Gasteiger charge is 2.25. The van der Waals surface area contributed by atoms with Crippen LogP contribution in [0.4, 0.5) is 5.82 Å². The molecule has 0 radical (unpaired) electrons. The minimum atomic E-state index is 0.493. The van der Waals surface area contributed by atoms with Gasteiger partial charge in [0.15, 0.2) is 0 Å². The molecule has 2 aromatic heterocycles. The number of benzene rings is 1. The monoisotopic (exact) mass is 414 g/mol. The Kier molecular flexibility index (Phi) is 5.99. The molecule has 0 amide bonds. The Morgan fingerprint density at radius 1 is 1.19 bits per heavy atom. The van der Waals surface area contributed by atoms with E-state index >= 15 is 0 Å². The molecule has 4 rings (SSSR count). The number of anilines is 1. The Bertz CT molecular complexity index is 1160. The first-order chi connectivity index (χ1) is 14.9. The van der Waals surface area contributed by atoms with Crippen LogP contribution >= 0.6 is 0 Å². The summed E-state index contributed by atoms with van der Waals surface area (Å²) < 4.78 is 0. The van der Waals surface area contributed by atoms with Crippen LogP contribution in [-0.4, -0.2) is 35.8 Å². The van der Waals surface area contributed by atoms with Gasteiger partial charge in [-0.3, -0.25) is 4.99 Å². The molecular weight excluding hydrogens is 380 g/mol. The predicted molar refractivity (Wildman–Crippen MR) is 133 cm³/mol. The molecule has 1 aliphatic heterocycles. The van der Waals surface area contributed by atoms with Gasteiger partial charge in [-0.25, -0.2) is 4.98 Å². The third-order valence-electron chi connectivity index (χ3n) is 6.60. The SMILES string of the molecule is CC/C(=C1/CN(c2ncc(C(C)C)cc2C)CCC1=NC)c1ccc(C)c2[nH]ccc12. The number of nitrogens with zero attached hydrogens (tertiary/aromatic N) is 3. The van der Waals surface area contributed by atoms with Gasteiger partial charge >= 0.3 is 0 Å². The second-order valence-electron chi connectivity index (χ2n) is 8.91. The van der Waals surface area contributed by atoms with Crippen molar-refractivity contribution in [3.05, 3.63) is 64.5 Å². The first-order valence-corrected chi connectivity index (χ1v) is 11.4. The zero-order valence-corrected chi connectivity index (χ0v) is 19.7. The van der Waals surface area contributed by atoms with Gasteiger partial charge in [0.25, 0.3) is 0 Å². The summed E-state index contributed by atoms with van der Waals surface area (Å²) >= 11 is 0. The van der Waals surface area contributed by atoms with Crippen molar-refractivity contribution in [2.75, 3.05) is 25.0 Å². The number of allylic oxidation sites excluding steroid dienone is 1. The number of hydrogen-bond donors (Lipinski definition) is 1. The molecule has 31 heavy (non-hydrogen) atoms. The second-order valence-corrected chi connectivity index (χ2v) is 8.91. The van der Waals surface area contributed by atoms with Crippen molar-refractivity contribution < 1.29 is 0 Å². The van der Waals surface area contributed by atoms with E-state index in [1.54, 1.807) is 0 Å². The Hall–Kier alpha value is -2.88. The van der Waals surface area contributed by atoms with E-state index in [1.165, 1.54) is 50.0 Å². The number of rotatable bonds is 4. The molecule has 0 unspecified atom stereocenters. The van der Waals surface area contributed by atoms with Gasteiger partial charge in [-0.05, 0) is 65.7 Å². The van der Waals surface area contributed by atoms with E-state index < -0.39 is 0 Å². The average Bonchev–Trinajstić information content (AvgIpc) is 3.26. The zero-order chi connectivity index (χ0) is 22.1. The average molecular weight is 415 g/mol. The van der Waals surface area contributed by atoms with Crippen molar-refractivity contribution in [3.8, 4) is 0 Å². The molecule has 3 heterocycles. The lowest BCUT2D eigenvalue weighted by Gasteiger charge is -2.33. The Morgan fingerprint density at radius 3 is 2.68 bits per heavy atom. The number of H-pyrrole nitrogens is 1. The molecule has 3 aromatic rings. The van der Waals surface area contributed by atoms with Crippen molar-refractivity contribution in [3.63, 3.8) is 0 Å². The molecular formula is C27H34N4. The fraction of sp³-hybridized carbons (Fsp3) is 0.407. The highest BCUT2D eigenvalue weighted by molar-refractivity contribution is 6.10. The maximum Gasteiger partial charge on any atom is 0.131 e. The molecule has 0 aliphatic carbocycles. The summed E-state index contributed by atoms with van der Waals surface area (Å²) in [6.45, 7) is 12.9. The van der Waals surface area contributed by atoms with Crippen molar-refractivity contribution in [1.29, 1.82) is 0 Å². The summed E-state index contributed by atoms with van der Waals surface area (Å²) in [6.07, 6.45) is 6.02. The lowest BCUT2D eigenvalue weighted by atomic mass is 9.88. The molecule has 1 N–H and O–H groups in total. The number of aromatic nitrogens is 2. The Labute approximate surface area is 186 Å². The van der Waals surface area contributed by atoms with Gasteiger partial charge in [0.1, 0.15) is 5.82 Å². The standard InChI is InChI=1S/C27H34N4/c1-7-21(22-9-8-18(4)26-23(22)10-12-29-26)24-16-31(13-11-25(24)28-6)27-19(5)14-20(15-30-27)17(2)3/h8-10,12,14-15,17,29H,7,11,13,16H2,1-6H3/b24-21+,28-25?. The van der Waals surface area contributed by atoms with E-state index in [-0.39, 0.29) is 0 Å². The number of aromatic amines is 1. The van der Waals surface area contributed by atoms with E-state index in [2.05, 4.69) is 68.8 Å². The number of aliphatic imine (C=N–C) groups is 1. The van der Waals surface area contributed by atoms with Crippen LogP contribution in [0.15, 0.2) is 47.2 Å². The van der Waals surface area contributed by atoms with Crippen LogP contribution in [0.1, 0.15) is 61.8 Å². The number of hydrogen-bond acceptors (Lipinski definition) is 3. The van der Waals surface area contributed by atoms with Gasteiger partial charge in [-0.15, -0.1) is 0 Å². The molecule has 1 aromatic carbocycles. The van der Waals surface area contributed by atoms with E-state index in [0.29, 0.717) is 5.92 Å². The molecule has 1 saturated heterocycles. The van der Waals surface area contributed by atoms with E-state index in [9.17, 15) is 0 Å². The third kappa shape index (κ3) is 3.91. The van der Waals surface area contributed by atoms with Crippen LogP contribution < -0.4 is 4.90 Å². The van der Waals surface area contributed by atoms with Gasteiger partial charge in [0.2, 0.25) is 0 Å². The molecule has 0 bridgehead atoms. The minimum Gasteiger partial charge on any atom is -0.361 e. The van der Waals surface area contributed by atoms with Crippen molar-refractivity contribution in [1.82, 2.24) is 9.97 Å². The van der Waals surface area contributed by atoms with Crippen molar-refractivity contribution in [2.24, 2.45) is 4.99 Å². The number of piperidine rings is 1. The van der Waals surface area contributed by atoms with Gasteiger partial charge < -0.3 is 9.88 Å². The molecule has 0 atom stereocenters. The smallest absolute Gasteiger partial charge is 0.131 e. The quantitative estimate of drug-likeness (QED) is 0.533. The normalized spacial score (nSPS) is 17.8. The fourth-order valence-electron chi connectivity index (χ4n) is 4.82. The first-order valence-electron chi connectivity index (χ1n) is 11.4. The Balaban J connectivity index is 1.80. The second kappa shape index (κ2) is 8.70. The van der Waals surface area contributed by atoms with Crippen LogP contribution in [0.5, 0.6) is 0 Å². The van der Waals surface area contributed by atoms with Gasteiger partial charge in [-0.2, -0.15) is 0 Å². The largest absolute Gasteiger partial charge is 0.361 e. The fourth-order valence-corrected chi connectivity index (χ4v) is 4.82.